The highest BCUT2D eigenvalue weighted by atomic mass is 16.5. The fraction of sp³-hybridized carbons (Fsp3) is 0.158. The van der Waals surface area contributed by atoms with Gasteiger partial charge in [-0.1, -0.05) is 42.2 Å². The van der Waals surface area contributed by atoms with Crippen LogP contribution in [0.5, 0.6) is 5.75 Å². The van der Waals surface area contributed by atoms with Crippen molar-refractivity contribution < 1.29 is 24.2 Å². The summed E-state index contributed by atoms with van der Waals surface area (Å²) in [7, 11) is 1.47. The molecule has 128 valence electrons. The van der Waals surface area contributed by atoms with Crippen molar-refractivity contribution in [2.75, 3.05) is 13.7 Å². The molecule has 0 unspecified atom stereocenters. The Bertz CT molecular complexity index is 806. The van der Waals surface area contributed by atoms with Crippen molar-refractivity contribution in [2.24, 2.45) is 0 Å². The summed E-state index contributed by atoms with van der Waals surface area (Å²) in [5.74, 6) is 4.93. The molecule has 6 nitrogen and oxygen atoms in total. The molecule has 1 amide bonds. The van der Waals surface area contributed by atoms with E-state index in [4.69, 9.17) is 14.6 Å². The molecule has 0 aromatic heterocycles. The molecule has 0 fully saturated rings. The Morgan fingerprint density at radius 2 is 1.92 bits per heavy atom. The number of carboxylic acids is 1. The standard InChI is InChI=1S/C19H17NO5/c1-24-17-10-9-16(18(21)22)12-15(17)8-5-11-20-19(23)25-13-14-6-3-2-4-7-14/h2-4,6-7,9-10,12H,11,13H2,1H3,(H,20,23)(H,21,22). The monoisotopic (exact) mass is 339 g/mol. The van der Waals surface area contributed by atoms with E-state index >= 15 is 0 Å². The van der Waals surface area contributed by atoms with Crippen molar-refractivity contribution in [3.05, 3.63) is 65.2 Å². The van der Waals surface area contributed by atoms with Crippen molar-refractivity contribution in [3.63, 3.8) is 0 Å². The van der Waals surface area contributed by atoms with E-state index in [2.05, 4.69) is 17.2 Å². The van der Waals surface area contributed by atoms with Crippen molar-refractivity contribution in [3.8, 4) is 17.6 Å². The number of nitrogens with one attached hydrogen (secondary N) is 1. The third-order valence-electron chi connectivity index (χ3n) is 3.20. The number of hydrogen-bond acceptors (Lipinski definition) is 4. The van der Waals surface area contributed by atoms with Gasteiger partial charge in [-0.25, -0.2) is 9.59 Å². The number of hydrogen-bond donors (Lipinski definition) is 2. The van der Waals surface area contributed by atoms with Crippen molar-refractivity contribution >= 4 is 12.1 Å². The second kappa shape index (κ2) is 8.99. The molecule has 6 heteroatoms. The number of carbonyl (C=O) groups is 2. The molecule has 0 saturated heterocycles. The van der Waals surface area contributed by atoms with Gasteiger partial charge >= 0.3 is 12.1 Å². The van der Waals surface area contributed by atoms with Crippen LogP contribution in [-0.2, 0) is 11.3 Å². The van der Waals surface area contributed by atoms with Crippen LogP contribution in [0.1, 0.15) is 21.5 Å². The summed E-state index contributed by atoms with van der Waals surface area (Å²) in [6.45, 7) is 0.239. The van der Waals surface area contributed by atoms with E-state index in [-0.39, 0.29) is 18.7 Å². The van der Waals surface area contributed by atoms with E-state index in [9.17, 15) is 9.59 Å². The Hall–Kier alpha value is -3.46. The molecule has 2 rings (SSSR count). The van der Waals surface area contributed by atoms with Crippen molar-refractivity contribution in [1.82, 2.24) is 5.32 Å². The Kier molecular flexibility index (Phi) is 6.43. The summed E-state index contributed by atoms with van der Waals surface area (Å²) in [5.41, 5.74) is 1.43. The molecule has 25 heavy (non-hydrogen) atoms. The number of methoxy groups -OCH3 is 1. The lowest BCUT2D eigenvalue weighted by Gasteiger charge is -2.05. The zero-order valence-electron chi connectivity index (χ0n) is 13.6. The zero-order valence-corrected chi connectivity index (χ0v) is 13.6. The number of benzene rings is 2. The molecule has 0 aliphatic carbocycles. The molecular weight excluding hydrogens is 322 g/mol. The van der Waals surface area contributed by atoms with Gasteiger partial charge in [0.05, 0.1) is 24.8 Å². The van der Waals surface area contributed by atoms with Gasteiger partial charge in [0.25, 0.3) is 0 Å². The number of alkyl carbamates (subject to hydrolysis) is 1. The molecule has 2 N–H and O–H groups in total. The van der Waals surface area contributed by atoms with Gasteiger partial charge in [0, 0.05) is 0 Å². The maximum atomic E-state index is 11.6. The maximum Gasteiger partial charge on any atom is 0.408 e. The van der Waals surface area contributed by atoms with E-state index in [1.54, 1.807) is 0 Å². The second-order valence-corrected chi connectivity index (χ2v) is 4.94. The highest BCUT2D eigenvalue weighted by molar-refractivity contribution is 5.88. The topological polar surface area (TPSA) is 84.9 Å². The van der Waals surface area contributed by atoms with Crippen LogP contribution < -0.4 is 10.1 Å². The third kappa shape index (κ3) is 5.59. The van der Waals surface area contributed by atoms with Crippen LogP contribution >= 0.6 is 0 Å². The molecule has 2 aromatic carbocycles. The number of ether oxygens (including phenoxy) is 2. The molecule has 0 atom stereocenters. The van der Waals surface area contributed by atoms with E-state index in [0.717, 1.165) is 5.56 Å². The average molecular weight is 339 g/mol. The lowest BCUT2D eigenvalue weighted by Crippen LogP contribution is -2.24. The number of carboxylic acid groups (broad SMARTS) is 1. The van der Waals surface area contributed by atoms with E-state index < -0.39 is 12.1 Å². The lowest BCUT2D eigenvalue weighted by molar-refractivity contribution is 0.0696. The van der Waals surface area contributed by atoms with Crippen LogP contribution in [-0.4, -0.2) is 30.8 Å². The molecular formula is C19H17NO5. The lowest BCUT2D eigenvalue weighted by atomic mass is 10.1. The van der Waals surface area contributed by atoms with Gasteiger partial charge in [-0.15, -0.1) is 0 Å². The fourth-order valence-corrected chi connectivity index (χ4v) is 1.97. The largest absolute Gasteiger partial charge is 0.495 e. The van der Waals surface area contributed by atoms with Crippen LogP contribution in [0.3, 0.4) is 0 Å². The minimum absolute atomic E-state index is 0.0636. The highest BCUT2D eigenvalue weighted by Gasteiger charge is 2.07. The number of aromatic carboxylic acids is 1. The van der Waals surface area contributed by atoms with E-state index in [1.165, 1.54) is 25.3 Å². The quantitative estimate of drug-likeness (QED) is 0.818. The molecule has 0 heterocycles. The zero-order chi connectivity index (χ0) is 18.1. The molecule has 0 aliphatic rings. The van der Waals surface area contributed by atoms with Gasteiger partial charge in [-0.05, 0) is 23.8 Å². The minimum Gasteiger partial charge on any atom is -0.495 e. The highest BCUT2D eigenvalue weighted by Crippen LogP contribution is 2.18. The Balaban J connectivity index is 1.88. The van der Waals surface area contributed by atoms with Crippen LogP contribution in [0.15, 0.2) is 48.5 Å². The fourth-order valence-electron chi connectivity index (χ4n) is 1.97. The molecule has 0 radical (unpaired) electrons. The number of amides is 1. The average Bonchev–Trinajstić information content (AvgIpc) is 2.64. The van der Waals surface area contributed by atoms with Crippen LogP contribution in [0.25, 0.3) is 0 Å². The van der Waals surface area contributed by atoms with E-state index in [1.807, 2.05) is 30.3 Å². The molecule has 0 saturated carbocycles. The predicted molar refractivity (Wildman–Crippen MR) is 91.5 cm³/mol. The molecule has 0 bridgehead atoms. The first-order chi connectivity index (χ1) is 12.1. The summed E-state index contributed by atoms with van der Waals surface area (Å²) in [6, 6.07) is 13.7. The van der Waals surface area contributed by atoms with Gasteiger partial charge in [0.1, 0.15) is 12.4 Å². The molecule has 0 spiro atoms. The third-order valence-corrected chi connectivity index (χ3v) is 3.20. The smallest absolute Gasteiger partial charge is 0.408 e. The molecule has 0 aliphatic heterocycles. The Morgan fingerprint density at radius 1 is 1.16 bits per heavy atom. The summed E-state index contributed by atoms with van der Waals surface area (Å²) < 4.78 is 10.2. The normalized spacial score (nSPS) is 9.48. The number of carbonyl (C=O) groups excluding carboxylic acids is 1. The first kappa shape index (κ1) is 17.9. The summed E-state index contributed by atoms with van der Waals surface area (Å²) >= 11 is 0. The van der Waals surface area contributed by atoms with Gasteiger partial charge in [-0.2, -0.15) is 0 Å². The van der Waals surface area contributed by atoms with Crippen LogP contribution in [0, 0.1) is 11.8 Å². The van der Waals surface area contributed by atoms with Crippen molar-refractivity contribution in [1.29, 1.82) is 0 Å². The SMILES string of the molecule is COc1ccc(C(=O)O)cc1C#CCNC(=O)OCc1ccccc1. The van der Waals surface area contributed by atoms with Gasteiger partial charge in [-0.3, -0.25) is 0 Å². The second-order valence-electron chi connectivity index (χ2n) is 4.94. The first-order valence-electron chi connectivity index (χ1n) is 7.45. The summed E-state index contributed by atoms with van der Waals surface area (Å²) in [6.07, 6.45) is -0.579. The maximum absolute atomic E-state index is 11.6. The van der Waals surface area contributed by atoms with E-state index in [0.29, 0.717) is 11.3 Å². The van der Waals surface area contributed by atoms with Crippen LogP contribution in [0.4, 0.5) is 4.79 Å². The van der Waals surface area contributed by atoms with Gasteiger partial charge < -0.3 is 19.9 Å². The summed E-state index contributed by atoms with van der Waals surface area (Å²) in [4.78, 5) is 22.6. The van der Waals surface area contributed by atoms with Gasteiger partial charge in [0.15, 0.2) is 0 Å². The predicted octanol–water partition coefficient (Wildman–Crippen LogP) is 2.67. The Morgan fingerprint density at radius 3 is 2.60 bits per heavy atom. The molecule has 2 aromatic rings. The first-order valence-corrected chi connectivity index (χ1v) is 7.45. The van der Waals surface area contributed by atoms with Gasteiger partial charge in [0.2, 0.25) is 0 Å². The Labute approximate surface area is 145 Å². The minimum atomic E-state index is -1.05. The summed E-state index contributed by atoms with van der Waals surface area (Å²) in [5, 5.41) is 11.5. The van der Waals surface area contributed by atoms with Crippen LogP contribution in [0.2, 0.25) is 0 Å². The van der Waals surface area contributed by atoms with Crippen molar-refractivity contribution in [2.45, 2.75) is 6.61 Å². The number of rotatable bonds is 5.